The monoisotopic (exact) mass is 912 g/mol. The van der Waals surface area contributed by atoms with Crippen molar-refractivity contribution in [3.05, 3.63) is 0 Å². The van der Waals surface area contributed by atoms with Gasteiger partial charge < -0.3 is 40.3 Å². The highest BCUT2D eigenvalue weighted by Crippen LogP contribution is 2.23. The van der Waals surface area contributed by atoms with Crippen molar-refractivity contribution in [2.24, 2.45) is 0 Å². The van der Waals surface area contributed by atoms with Gasteiger partial charge in [0, 0.05) is 6.42 Å². The zero-order valence-corrected chi connectivity index (χ0v) is 42.3. The highest BCUT2D eigenvalue weighted by molar-refractivity contribution is 5.76. The lowest BCUT2D eigenvalue weighted by molar-refractivity contribution is -0.302. The molecule has 6 N–H and O–H groups in total. The van der Waals surface area contributed by atoms with Crippen molar-refractivity contribution in [2.45, 2.75) is 333 Å². The van der Waals surface area contributed by atoms with Gasteiger partial charge in [-0.3, -0.25) is 4.79 Å². The molecule has 1 aliphatic heterocycles. The van der Waals surface area contributed by atoms with E-state index in [0.717, 1.165) is 38.5 Å². The summed E-state index contributed by atoms with van der Waals surface area (Å²) < 4.78 is 11.3. The molecule has 1 rings (SSSR count). The van der Waals surface area contributed by atoms with Gasteiger partial charge in [-0.2, -0.15) is 0 Å². The summed E-state index contributed by atoms with van der Waals surface area (Å²) in [4.78, 5) is 13.1. The number of unbranched alkanes of at least 4 members (excludes halogenated alkanes) is 39. The van der Waals surface area contributed by atoms with Crippen LogP contribution >= 0.6 is 0 Å². The Morgan fingerprint density at radius 3 is 1.11 bits per heavy atom. The fraction of sp³-hybridized carbons (Fsp3) is 0.982. The molecule has 1 fully saturated rings. The Labute approximate surface area is 395 Å². The smallest absolute Gasteiger partial charge is 0.220 e. The summed E-state index contributed by atoms with van der Waals surface area (Å²) in [6.07, 6.45) is 46.9. The summed E-state index contributed by atoms with van der Waals surface area (Å²) in [6.45, 7) is 3.88. The Balaban J connectivity index is 2.20. The second kappa shape index (κ2) is 45.9. The molecule has 7 unspecified atom stereocenters. The molecule has 1 heterocycles. The van der Waals surface area contributed by atoms with Crippen LogP contribution in [0, 0.1) is 0 Å². The van der Waals surface area contributed by atoms with E-state index in [9.17, 15) is 30.3 Å². The van der Waals surface area contributed by atoms with Crippen LogP contribution in [0.25, 0.3) is 0 Å². The molecule has 1 amide bonds. The number of carbonyl (C=O) groups is 1. The van der Waals surface area contributed by atoms with Crippen LogP contribution in [0.5, 0.6) is 0 Å². The van der Waals surface area contributed by atoms with Crippen LogP contribution in [0.1, 0.15) is 290 Å². The highest BCUT2D eigenvalue weighted by atomic mass is 16.7. The van der Waals surface area contributed by atoms with Gasteiger partial charge in [0.15, 0.2) is 6.29 Å². The molecule has 0 aromatic carbocycles. The molecule has 9 nitrogen and oxygen atoms in total. The average Bonchev–Trinajstić information content (AvgIpc) is 3.29. The van der Waals surface area contributed by atoms with Crippen molar-refractivity contribution in [2.75, 3.05) is 13.2 Å². The third kappa shape index (κ3) is 35.3. The van der Waals surface area contributed by atoms with E-state index >= 15 is 0 Å². The standard InChI is InChI=1S/C55H109NO8/c1-3-5-7-9-11-13-15-17-19-21-23-24-25-27-29-31-33-35-37-39-41-43-45-51(59)56-48(47-63-55-54(62)53(61)52(60)50(46-57)64-55)49(58)44-42-40-38-36-34-32-30-28-26-22-20-18-16-14-12-10-8-6-4-2/h48-50,52-55,57-58,60-62H,3-47H2,1-2H3,(H,56,59). The van der Waals surface area contributed by atoms with Crippen molar-refractivity contribution >= 4 is 5.91 Å². The zero-order chi connectivity index (χ0) is 46.6. The third-order valence-corrected chi connectivity index (χ3v) is 14.0. The second-order valence-corrected chi connectivity index (χ2v) is 20.1. The Bertz CT molecular complexity index is 970. The average molecular weight is 912 g/mol. The first kappa shape index (κ1) is 61.2. The zero-order valence-electron chi connectivity index (χ0n) is 42.3. The van der Waals surface area contributed by atoms with Gasteiger partial charge in [-0.05, 0) is 12.8 Å². The van der Waals surface area contributed by atoms with E-state index in [1.165, 1.54) is 225 Å². The maximum absolute atomic E-state index is 13.1. The SMILES string of the molecule is CCCCCCCCCCCCCCCCCCCCCCCCC(=O)NC(COC1OC(CO)C(O)C(O)C1O)C(O)CCCCCCCCCCCCCCCCCCCCC. The summed E-state index contributed by atoms with van der Waals surface area (Å²) in [5.74, 6) is -0.136. The van der Waals surface area contributed by atoms with Crippen molar-refractivity contribution in [3.8, 4) is 0 Å². The summed E-state index contributed by atoms with van der Waals surface area (Å²) in [7, 11) is 0. The van der Waals surface area contributed by atoms with E-state index in [1.54, 1.807) is 0 Å². The maximum atomic E-state index is 13.1. The molecule has 0 bridgehead atoms. The van der Waals surface area contributed by atoms with E-state index in [0.29, 0.717) is 12.8 Å². The normalized spacial score (nSPS) is 19.9. The molecular formula is C55H109NO8. The second-order valence-electron chi connectivity index (χ2n) is 20.1. The minimum Gasteiger partial charge on any atom is -0.394 e. The van der Waals surface area contributed by atoms with Gasteiger partial charge in [0.05, 0.1) is 25.4 Å². The molecular weight excluding hydrogens is 803 g/mol. The van der Waals surface area contributed by atoms with Crippen LogP contribution in [0.3, 0.4) is 0 Å². The molecule has 0 saturated carbocycles. The molecule has 7 atom stereocenters. The topological polar surface area (TPSA) is 149 Å². The van der Waals surface area contributed by atoms with E-state index in [-0.39, 0.29) is 12.5 Å². The molecule has 382 valence electrons. The number of rotatable bonds is 49. The number of aliphatic hydroxyl groups excluding tert-OH is 5. The minimum absolute atomic E-state index is 0.131. The number of amides is 1. The lowest BCUT2D eigenvalue weighted by Crippen LogP contribution is -2.60. The van der Waals surface area contributed by atoms with Gasteiger partial charge in [-0.25, -0.2) is 0 Å². The molecule has 9 heteroatoms. The van der Waals surface area contributed by atoms with Gasteiger partial charge in [-0.15, -0.1) is 0 Å². The number of aliphatic hydroxyl groups is 5. The predicted octanol–water partition coefficient (Wildman–Crippen LogP) is 13.5. The van der Waals surface area contributed by atoms with Crippen molar-refractivity contribution < 1.29 is 39.8 Å². The van der Waals surface area contributed by atoms with Crippen LogP contribution in [0.15, 0.2) is 0 Å². The van der Waals surface area contributed by atoms with E-state index in [2.05, 4.69) is 19.2 Å². The van der Waals surface area contributed by atoms with E-state index in [4.69, 9.17) is 9.47 Å². The first-order valence-electron chi connectivity index (χ1n) is 28.2. The largest absolute Gasteiger partial charge is 0.394 e. The van der Waals surface area contributed by atoms with Crippen molar-refractivity contribution in [1.29, 1.82) is 0 Å². The quantitative estimate of drug-likeness (QED) is 0.0331. The number of hydrogen-bond acceptors (Lipinski definition) is 8. The first-order valence-corrected chi connectivity index (χ1v) is 28.2. The number of hydrogen-bond donors (Lipinski definition) is 6. The predicted molar refractivity (Wildman–Crippen MR) is 268 cm³/mol. The number of carbonyl (C=O) groups excluding carboxylic acids is 1. The van der Waals surface area contributed by atoms with Crippen molar-refractivity contribution in [3.63, 3.8) is 0 Å². The van der Waals surface area contributed by atoms with Crippen molar-refractivity contribution in [1.82, 2.24) is 5.32 Å². The maximum Gasteiger partial charge on any atom is 0.220 e. The summed E-state index contributed by atoms with van der Waals surface area (Å²) in [5, 5.41) is 54.6. The molecule has 0 spiro atoms. The lowest BCUT2D eigenvalue weighted by Gasteiger charge is -2.40. The molecule has 64 heavy (non-hydrogen) atoms. The van der Waals surface area contributed by atoms with Gasteiger partial charge in [-0.1, -0.05) is 271 Å². The Morgan fingerprint density at radius 2 is 0.781 bits per heavy atom. The van der Waals surface area contributed by atoms with Gasteiger partial charge in [0.2, 0.25) is 5.91 Å². The van der Waals surface area contributed by atoms with Gasteiger partial charge in [0.25, 0.3) is 0 Å². The molecule has 0 aliphatic carbocycles. The van der Waals surface area contributed by atoms with E-state index in [1.807, 2.05) is 0 Å². The first-order chi connectivity index (χ1) is 31.3. The molecule has 0 aromatic heterocycles. The number of ether oxygens (including phenoxy) is 2. The molecule has 0 aromatic rings. The van der Waals surface area contributed by atoms with E-state index < -0.39 is 49.5 Å². The lowest BCUT2D eigenvalue weighted by atomic mass is 9.99. The summed E-state index contributed by atoms with van der Waals surface area (Å²) in [5.41, 5.74) is 0. The summed E-state index contributed by atoms with van der Waals surface area (Å²) in [6, 6.07) is -0.713. The number of nitrogens with one attached hydrogen (secondary N) is 1. The van der Waals surface area contributed by atoms with Crippen LogP contribution in [0.2, 0.25) is 0 Å². The van der Waals surface area contributed by atoms with Gasteiger partial charge >= 0.3 is 0 Å². The molecule has 1 saturated heterocycles. The van der Waals surface area contributed by atoms with Crippen LogP contribution in [0.4, 0.5) is 0 Å². The minimum atomic E-state index is -1.55. The Morgan fingerprint density at radius 1 is 0.469 bits per heavy atom. The van der Waals surface area contributed by atoms with Crippen LogP contribution in [-0.2, 0) is 14.3 Å². The van der Waals surface area contributed by atoms with Crippen LogP contribution < -0.4 is 5.32 Å². The fourth-order valence-corrected chi connectivity index (χ4v) is 9.46. The summed E-state index contributed by atoms with van der Waals surface area (Å²) >= 11 is 0. The molecule has 1 aliphatic rings. The Kier molecular flexibility index (Phi) is 43.9. The van der Waals surface area contributed by atoms with Crippen LogP contribution in [-0.4, -0.2) is 87.5 Å². The van der Waals surface area contributed by atoms with Gasteiger partial charge in [0.1, 0.15) is 24.4 Å². The molecule has 0 radical (unpaired) electrons. The highest BCUT2D eigenvalue weighted by Gasteiger charge is 2.44. The third-order valence-electron chi connectivity index (χ3n) is 14.0. The fourth-order valence-electron chi connectivity index (χ4n) is 9.46. The Hall–Kier alpha value is -0.810.